The van der Waals surface area contributed by atoms with E-state index >= 15 is 0 Å². The van der Waals surface area contributed by atoms with E-state index in [9.17, 15) is 0 Å². The molecule has 0 radical (unpaired) electrons. The average molecular weight is 131 g/mol. The fourth-order valence-corrected chi connectivity index (χ4v) is 1.10. The first-order valence-electron chi connectivity index (χ1n) is 3.51. The second-order valence-corrected chi connectivity index (χ2v) is 2.56. The van der Waals surface area contributed by atoms with Gasteiger partial charge in [-0.15, -0.1) is 0 Å². The molecule has 1 aromatic rings. The first-order valence-corrected chi connectivity index (χ1v) is 3.51. The maximum atomic E-state index is 4.24. The van der Waals surface area contributed by atoms with Gasteiger partial charge in [0.1, 0.15) is 0 Å². The minimum atomic E-state index is 0.474. The van der Waals surface area contributed by atoms with Gasteiger partial charge in [0.15, 0.2) is 0 Å². The third kappa shape index (κ3) is 0.838. The Labute approximate surface area is 60.4 Å². The molecular formula is C9H9N. The maximum Gasteiger partial charge on any atom is 0.0897 e. The molecule has 1 unspecified atom stereocenters. The lowest BCUT2D eigenvalue weighted by Gasteiger charge is -1.89. The van der Waals surface area contributed by atoms with Crippen molar-refractivity contribution >= 4 is 5.71 Å². The molecule has 0 aromatic heterocycles. The first kappa shape index (κ1) is 5.66. The van der Waals surface area contributed by atoms with Crippen LogP contribution in [0.5, 0.6) is 0 Å². The summed E-state index contributed by atoms with van der Waals surface area (Å²) in [7, 11) is 0. The van der Waals surface area contributed by atoms with Gasteiger partial charge in [-0.2, -0.15) is 0 Å². The van der Waals surface area contributed by atoms with Crippen molar-refractivity contribution < 1.29 is 0 Å². The highest BCUT2D eigenvalue weighted by Crippen LogP contribution is 2.18. The van der Waals surface area contributed by atoms with E-state index in [0.29, 0.717) is 6.04 Å². The van der Waals surface area contributed by atoms with Gasteiger partial charge >= 0.3 is 0 Å². The summed E-state index contributed by atoms with van der Waals surface area (Å²) in [5.41, 5.74) is 2.52. The van der Waals surface area contributed by atoms with Crippen molar-refractivity contribution in [2.75, 3.05) is 0 Å². The van der Waals surface area contributed by atoms with Crippen LogP contribution in [-0.4, -0.2) is 11.8 Å². The molecule has 1 heteroatoms. The number of hydrogen-bond donors (Lipinski definition) is 0. The molecule has 0 saturated heterocycles. The molecule has 1 nitrogen and oxygen atoms in total. The Balaban J connectivity index is 2.29. The average Bonchev–Trinajstić information content (AvgIpc) is 2.69. The van der Waals surface area contributed by atoms with Gasteiger partial charge in [0.25, 0.3) is 0 Å². The minimum absolute atomic E-state index is 0.474. The Morgan fingerprint density at radius 1 is 1.20 bits per heavy atom. The van der Waals surface area contributed by atoms with Crippen molar-refractivity contribution in [2.45, 2.75) is 13.0 Å². The molecule has 10 heavy (non-hydrogen) atoms. The van der Waals surface area contributed by atoms with Crippen LogP contribution in [0.15, 0.2) is 35.3 Å². The van der Waals surface area contributed by atoms with Gasteiger partial charge in [0.05, 0.1) is 11.8 Å². The van der Waals surface area contributed by atoms with Crippen LogP contribution < -0.4 is 0 Å². The van der Waals surface area contributed by atoms with Gasteiger partial charge in [-0.25, -0.2) is 0 Å². The van der Waals surface area contributed by atoms with E-state index in [4.69, 9.17) is 0 Å². The smallest absolute Gasteiger partial charge is 0.0897 e. The summed E-state index contributed by atoms with van der Waals surface area (Å²) in [4.78, 5) is 4.24. The summed E-state index contributed by atoms with van der Waals surface area (Å²) >= 11 is 0. The molecule has 0 saturated carbocycles. The third-order valence-electron chi connectivity index (χ3n) is 1.73. The molecule has 0 amide bonds. The van der Waals surface area contributed by atoms with Crippen molar-refractivity contribution in [3.8, 4) is 0 Å². The van der Waals surface area contributed by atoms with Gasteiger partial charge in [0, 0.05) is 0 Å². The zero-order valence-corrected chi connectivity index (χ0v) is 5.91. The summed E-state index contributed by atoms with van der Waals surface area (Å²) < 4.78 is 0. The Morgan fingerprint density at radius 2 is 1.80 bits per heavy atom. The van der Waals surface area contributed by atoms with Crippen LogP contribution >= 0.6 is 0 Å². The van der Waals surface area contributed by atoms with Crippen LogP contribution in [0, 0.1) is 0 Å². The molecular weight excluding hydrogens is 122 g/mol. The topological polar surface area (TPSA) is 12.4 Å². The number of benzene rings is 1. The monoisotopic (exact) mass is 131 g/mol. The SMILES string of the molecule is CC1N=C1c1ccccc1. The largest absolute Gasteiger partial charge is 0.277 e. The Morgan fingerprint density at radius 3 is 2.30 bits per heavy atom. The highest BCUT2D eigenvalue weighted by atomic mass is 15.0. The molecule has 0 spiro atoms. The zero-order valence-electron chi connectivity index (χ0n) is 5.91. The highest BCUT2D eigenvalue weighted by molar-refractivity contribution is 6.12. The summed E-state index contributed by atoms with van der Waals surface area (Å²) in [6.45, 7) is 2.11. The third-order valence-corrected chi connectivity index (χ3v) is 1.73. The lowest BCUT2D eigenvalue weighted by atomic mass is 10.1. The first-order chi connectivity index (χ1) is 4.88. The molecule has 1 aliphatic heterocycles. The molecule has 0 bridgehead atoms. The van der Waals surface area contributed by atoms with Crippen LogP contribution in [0.2, 0.25) is 0 Å². The zero-order chi connectivity index (χ0) is 6.97. The standard InChI is InChI=1S/C9H9N/c1-7-9(10-7)8-5-3-2-4-6-8/h2-7H,1H3. The lowest BCUT2D eigenvalue weighted by Crippen LogP contribution is -1.92. The Hall–Kier alpha value is -1.11. The summed E-state index contributed by atoms with van der Waals surface area (Å²) in [6.07, 6.45) is 0. The van der Waals surface area contributed by atoms with Crippen LogP contribution in [0.25, 0.3) is 0 Å². The fraction of sp³-hybridized carbons (Fsp3) is 0.222. The van der Waals surface area contributed by atoms with Crippen molar-refractivity contribution in [1.29, 1.82) is 0 Å². The highest BCUT2D eigenvalue weighted by Gasteiger charge is 2.22. The molecule has 1 heterocycles. The number of aliphatic imine (C=N–C) groups is 1. The predicted molar refractivity (Wildman–Crippen MR) is 42.4 cm³/mol. The van der Waals surface area contributed by atoms with Crippen LogP contribution in [0.1, 0.15) is 12.5 Å². The quantitative estimate of drug-likeness (QED) is 0.551. The number of nitrogens with zero attached hydrogens (tertiary/aromatic N) is 1. The second kappa shape index (κ2) is 1.94. The molecule has 1 atom stereocenters. The normalized spacial score (nSPS) is 22.1. The summed E-state index contributed by atoms with van der Waals surface area (Å²) in [5.74, 6) is 0. The van der Waals surface area contributed by atoms with Gasteiger partial charge < -0.3 is 0 Å². The molecule has 1 aromatic carbocycles. The molecule has 50 valence electrons. The van der Waals surface area contributed by atoms with E-state index in [0.717, 1.165) is 0 Å². The number of rotatable bonds is 1. The lowest BCUT2D eigenvalue weighted by molar-refractivity contribution is 1.15. The van der Waals surface area contributed by atoms with Crippen molar-refractivity contribution in [3.05, 3.63) is 35.9 Å². The maximum absolute atomic E-state index is 4.24. The van der Waals surface area contributed by atoms with Crippen molar-refractivity contribution in [1.82, 2.24) is 0 Å². The van der Waals surface area contributed by atoms with E-state index in [2.05, 4.69) is 24.0 Å². The van der Waals surface area contributed by atoms with E-state index in [1.165, 1.54) is 11.3 Å². The van der Waals surface area contributed by atoms with E-state index in [1.807, 2.05) is 18.2 Å². The molecule has 0 N–H and O–H groups in total. The molecule has 0 aliphatic carbocycles. The Bertz CT molecular complexity index is 261. The van der Waals surface area contributed by atoms with Gasteiger partial charge in [-0.1, -0.05) is 30.3 Å². The summed E-state index contributed by atoms with van der Waals surface area (Å²) in [5, 5.41) is 0. The number of hydrogen-bond acceptors (Lipinski definition) is 1. The minimum Gasteiger partial charge on any atom is -0.277 e. The van der Waals surface area contributed by atoms with Crippen molar-refractivity contribution in [2.24, 2.45) is 4.99 Å². The van der Waals surface area contributed by atoms with Crippen LogP contribution in [0.4, 0.5) is 0 Å². The van der Waals surface area contributed by atoms with Crippen LogP contribution in [-0.2, 0) is 0 Å². The molecule has 1 aliphatic rings. The van der Waals surface area contributed by atoms with Gasteiger partial charge in [-0.3, -0.25) is 4.99 Å². The summed E-state index contributed by atoms with van der Waals surface area (Å²) in [6, 6.07) is 10.8. The molecule has 2 rings (SSSR count). The van der Waals surface area contributed by atoms with Crippen molar-refractivity contribution in [3.63, 3.8) is 0 Å². The Kier molecular flexibility index (Phi) is 1.10. The van der Waals surface area contributed by atoms with E-state index < -0.39 is 0 Å². The van der Waals surface area contributed by atoms with E-state index in [1.54, 1.807) is 0 Å². The van der Waals surface area contributed by atoms with E-state index in [-0.39, 0.29) is 0 Å². The fourth-order valence-electron chi connectivity index (χ4n) is 1.10. The van der Waals surface area contributed by atoms with Gasteiger partial charge in [-0.05, 0) is 12.5 Å². The van der Waals surface area contributed by atoms with Gasteiger partial charge in [0.2, 0.25) is 0 Å². The second-order valence-electron chi connectivity index (χ2n) is 2.56. The molecule has 0 fully saturated rings. The van der Waals surface area contributed by atoms with Crippen LogP contribution in [0.3, 0.4) is 0 Å². The predicted octanol–water partition coefficient (Wildman–Crippen LogP) is 1.88.